The van der Waals surface area contributed by atoms with E-state index >= 15 is 0 Å². The molecule has 1 rings (SSSR count). The van der Waals surface area contributed by atoms with E-state index in [1.165, 1.54) is 22.9 Å². The summed E-state index contributed by atoms with van der Waals surface area (Å²) in [7, 11) is -2.84. The van der Waals surface area contributed by atoms with Crippen LogP contribution in [0.2, 0.25) is 0 Å². The molecule has 3 nitrogen and oxygen atoms in total. The summed E-state index contributed by atoms with van der Waals surface area (Å²) in [4.78, 5) is 0. The molecule has 0 saturated carbocycles. The fourth-order valence-corrected chi connectivity index (χ4v) is 3.22. The van der Waals surface area contributed by atoms with Crippen LogP contribution in [0.3, 0.4) is 0 Å². The summed E-state index contributed by atoms with van der Waals surface area (Å²) in [5, 5.41) is 3.15. The molecule has 0 bridgehead atoms. The molecule has 1 N–H and O–H groups in total. The van der Waals surface area contributed by atoms with Crippen molar-refractivity contribution in [1.82, 2.24) is 5.32 Å². The van der Waals surface area contributed by atoms with Crippen molar-refractivity contribution in [2.45, 2.75) is 19.6 Å². The lowest BCUT2D eigenvalue weighted by Crippen LogP contribution is -2.24. The average molecular weight is 301 g/mol. The van der Waals surface area contributed by atoms with Crippen LogP contribution in [0.4, 0.5) is 0 Å². The minimum absolute atomic E-state index is 0.217. The normalized spacial score (nSPS) is 11.7. The molecule has 0 amide bonds. The minimum atomic E-state index is -2.84. The lowest BCUT2D eigenvalue weighted by Gasteiger charge is -2.06. The van der Waals surface area contributed by atoms with Crippen LogP contribution < -0.4 is 5.32 Å². The minimum Gasteiger partial charge on any atom is -0.315 e. The average Bonchev–Trinajstić information content (AvgIpc) is 2.25. The maximum absolute atomic E-state index is 10.9. The van der Waals surface area contributed by atoms with Gasteiger partial charge < -0.3 is 5.32 Å². The Bertz CT molecular complexity index is 478. The van der Waals surface area contributed by atoms with E-state index in [0.29, 0.717) is 6.54 Å². The summed E-state index contributed by atoms with van der Waals surface area (Å²) in [6.45, 7) is 5.63. The first-order chi connectivity index (χ1) is 8.87. The van der Waals surface area contributed by atoms with E-state index < -0.39 is 9.84 Å². The number of aryl methyl sites for hydroxylation is 2. The van der Waals surface area contributed by atoms with E-state index in [2.05, 4.69) is 37.4 Å². The standard InChI is InChI=1S/C14H23NO2S2/c1-12-8-13(2)10-14(9-12)11-18-6-4-15-5-7-19(3,16)17/h8-10,15H,4-7,11H2,1-3H3. The molecule has 0 aliphatic carbocycles. The molecule has 1 aromatic carbocycles. The quantitative estimate of drug-likeness (QED) is 0.748. The molecular weight excluding hydrogens is 278 g/mol. The number of sulfone groups is 1. The fraction of sp³-hybridized carbons (Fsp3) is 0.571. The molecule has 19 heavy (non-hydrogen) atoms. The van der Waals surface area contributed by atoms with Crippen molar-refractivity contribution < 1.29 is 8.42 Å². The van der Waals surface area contributed by atoms with E-state index in [9.17, 15) is 8.42 Å². The van der Waals surface area contributed by atoms with Gasteiger partial charge in [-0.05, 0) is 19.4 Å². The van der Waals surface area contributed by atoms with Gasteiger partial charge in [-0.25, -0.2) is 8.42 Å². The summed E-state index contributed by atoms with van der Waals surface area (Å²) in [6.07, 6.45) is 1.27. The van der Waals surface area contributed by atoms with Gasteiger partial charge in [0.05, 0.1) is 5.75 Å². The number of nitrogens with one attached hydrogen (secondary N) is 1. The van der Waals surface area contributed by atoms with Gasteiger partial charge in [-0.1, -0.05) is 29.3 Å². The number of hydrogen-bond donors (Lipinski definition) is 1. The highest BCUT2D eigenvalue weighted by Gasteiger charge is 2.00. The zero-order valence-corrected chi connectivity index (χ0v) is 13.5. The summed E-state index contributed by atoms with van der Waals surface area (Å²) >= 11 is 1.87. The van der Waals surface area contributed by atoms with Gasteiger partial charge in [-0.2, -0.15) is 11.8 Å². The van der Waals surface area contributed by atoms with Crippen molar-refractivity contribution in [1.29, 1.82) is 0 Å². The predicted molar refractivity (Wildman–Crippen MR) is 84.7 cm³/mol. The van der Waals surface area contributed by atoms with Gasteiger partial charge >= 0.3 is 0 Å². The monoisotopic (exact) mass is 301 g/mol. The van der Waals surface area contributed by atoms with Crippen molar-refractivity contribution in [3.63, 3.8) is 0 Å². The van der Waals surface area contributed by atoms with Crippen LogP contribution in [0.25, 0.3) is 0 Å². The van der Waals surface area contributed by atoms with E-state index in [0.717, 1.165) is 18.1 Å². The second kappa shape index (κ2) is 7.92. The lowest BCUT2D eigenvalue weighted by atomic mass is 10.1. The van der Waals surface area contributed by atoms with Crippen molar-refractivity contribution >= 4 is 21.6 Å². The fourth-order valence-electron chi connectivity index (χ4n) is 1.87. The highest BCUT2D eigenvalue weighted by molar-refractivity contribution is 7.98. The van der Waals surface area contributed by atoms with Gasteiger partial charge in [0.2, 0.25) is 0 Å². The highest BCUT2D eigenvalue weighted by Crippen LogP contribution is 2.15. The SMILES string of the molecule is Cc1cc(C)cc(CSCCNCCS(C)(=O)=O)c1. The molecule has 0 heterocycles. The Kier molecular flexibility index (Phi) is 6.89. The Morgan fingerprint density at radius 3 is 2.32 bits per heavy atom. The summed E-state index contributed by atoms with van der Waals surface area (Å²) < 4.78 is 21.8. The van der Waals surface area contributed by atoms with Crippen LogP contribution in [-0.4, -0.2) is 39.3 Å². The van der Waals surface area contributed by atoms with Crippen LogP contribution in [-0.2, 0) is 15.6 Å². The molecule has 0 fully saturated rings. The maximum atomic E-state index is 10.9. The molecule has 0 aliphatic rings. The maximum Gasteiger partial charge on any atom is 0.148 e. The second-order valence-electron chi connectivity index (χ2n) is 4.93. The molecule has 0 aliphatic heterocycles. The van der Waals surface area contributed by atoms with E-state index in [1.807, 2.05) is 11.8 Å². The first-order valence-corrected chi connectivity index (χ1v) is 9.62. The van der Waals surface area contributed by atoms with Crippen molar-refractivity contribution in [2.75, 3.05) is 30.9 Å². The number of benzene rings is 1. The summed E-state index contributed by atoms with van der Waals surface area (Å²) in [5.41, 5.74) is 3.97. The third-order valence-electron chi connectivity index (χ3n) is 2.62. The zero-order chi connectivity index (χ0) is 14.3. The van der Waals surface area contributed by atoms with Gasteiger partial charge in [0, 0.05) is 30.9 Å². The predicted octanol–water partition coefficient (Wildman–Crippen LogP) is 2.17. The van der Waals surface area contributed by atoms with Gasteiger partial charge in [-0.3, -0.25) is 0 Å². The van der Waals surface area contributed by atoms with Gasteiger partial charge in [-0.15, -0.1) is 0 Å². The molecular formula is C14H23NO2S2. The Labute approximate surface area is 121 Å². The van der Waals surface area contributed by atoms with E-state index in [1.54, 1.807) is 0 Å². The molecule has 108 valence electrons. The van der Waals surface area contributed by atoms with Crippen LogP contribution in [0.5, 0.6) is 0 Å². The van der Waals surface area contributed by atoms with E-state index in [-0.39, 0.29) is 5.75 Å². The lowest BCUT2D eigenvalue weighted by molar-refractivity contribution is 0.598. The van der Waals surface area contributed by atoms with Crippen LogP contribution in [0.15, 0.2) is 18.2 Å². The summed E-state index contributed by atoms with van der Waals surface area (Å²) in [6, 6.07) is 6.62. The topological polar surface area (TPSA) is 46.2 Å². The van der Waals surface area contributed by atoms with Crippen molar-refractivity contribution in [2.24, 2.45) is 0 Å². The highest BCUT2D eigenvalue weighted by atomic mass is 32.2. The van der Waals surface area contributed by atoms with Crippen LogP contribution in [0.1, 0.15) is 16.7 Å². The third-order valence-corrected chi connectivity index (χ3v) is 4.60. The zero-order valence-electron chi connectivity index (χ0n) is 11.9. The molecule has 0 radical (unpaired) electrons. The Morgan fingerprint density at radius 2 is 1.74 bits per heavy atom. The number of thioether (sulfide) groups is 1. The first-order valence-electron chi connectivity index (χ1n) is 6.40. The van der Waals surface area contributed by atoms with Crippen molar-refractivity contribution in [3.8, 4) is 0 Å². The number of hydrogen-bond acceptors (Lipinski definition) is 4. The van der Waals surface area contributed by atoms with Gasteiger partial charge in [0.25, 0.3) is 0 Å². The molecule has 0 aromatic heterocycles. The first kappa shape index (κ1) is 16.5. The van der Waals surface area contributed by atoms with Crippen LogP contribution >= 0.6 is 11.8 Å². The number of rotatable bonds is 8. The van der Waals surface area contributed by atoms with Gasteiger partial charge in [0.15, 0.2) is 0 Å². The third kappa shape index (κ3) is 8.29. The smallest absolute Gasteiger partial charge is 0.148 e. The molecule has 0 unspecified atom stereocenters. The largest absolute Gasteiger partial charge is 0.315 e. The molecule has 0 saturated heterocycles. The molecule has 1 aromatic rings. The second-order valence-corrected chi connectivity index (χ2v) is 8.29. The van der Waals surface area contributed by atoms with Gasteiger partial charge in [0.1, 0.15) is 9.84 Å². The van der Waals surface area contributed by atoms with Crippen molar-refractivity contribution in [3.05, 3.63) is 34.9 Å². The Balaban J connectivity index is 2.14. The Hall–Kier alpha value is -0.520. The summed E-state index contributed by atoms with van der Waals surface area (Å²) in [5.74, 6) is 2.22. The van der Waals surface area contributed by atoms with Crippen LogP contribution in [0, 0.1) is 13.8 Å². The molecule has 0 spiro atoms. The molecule has 0 atom stereocenters. The molecule has 5 heteroatoms. The Morgan fingerprint density at radius 1 is 1.11 bits per heavy atom. The van der Waals surface area contributed by atoms with E-state index in [4.69, 9.17) is 0 Å².